The molecule has 0 bridgehead atoms. The van der Waals surface area contributed by atoms with Crippen molar-refractivity contribution in [3.05, 3.63) is 25.4 Å². The largest absolute Gasteiger partial charge is 0.368 e. The van der Waals surface area contributed by atoms with Gasteiger partial charge in [0, 0.05) is 0 Å². The van der Waals surface area contributed by atoms with Gasteiger partial charge in [-0.1, -0.05) is 11.6 Å². The van der Waals surface area contributed by atoms with Gasteiger partial charge in [0.15, 0.2) is 0 Å². The highest BCUT2D eigenvalue weighted by Gasteiger charge is 2.07. The van der Waals surface area contributed by atoms with Crippen molar-refractivity contribution >= 4 is 40.1 Å². The Balaban J connectivity index is 3.19. The molecular formula is C6H5ClIN3O2. The highest BCUT2D eigenvalue weighted by Crippen LogP contribution is 2.08. The van der Waals surface area contributed by atoms with Crippen molar-refractivity contribution in [2.45, 2.75) is 6.54 Å². The summed E-state index contributed by atoms with van der Waals surface area (Å²) in [5.74, 6) is -0.595. The Morgan fingerprint density at radius 2 is 2.38 bits per heavy atom. The molecule has 1 rings (SSSR count). The Kier molecular flexibility index (Phi) is 3.26. The number of hydrogen-bond donors (Lipinski definition) is 1. The van der Waals surface area contributed by atoms with Gasteiger partial charge >= 0.3 is 0 Å². The molecule has 70 valence electrons. The summed E-state index contributed by atoms with van der Waals surface area (Å²) in [6.45, 7) is -0.182. The van der Waals surface area contributed by atoms with Gasteiger partial charge < -0.3 is 5.73 Å². The minimum atomic E-state index is -0.595. The third-order valence-electron chi connectivity index (χ3n) is 1.27. The maximum absolute atomic E-state index is 11.3. The first kappa shape index (κ1) is 10.5. The quantitative estimate of drug-likeness (QED) is 0.616. The first-order chi connectivity index (χ1) is 6.02. The fraction of sp³-hybridized carbons (Fsp3) is 0.167. The average Bonchev–Trinajstić information content (AvgIpc) is 2.06. The second kappa shape index (κ2) is 4.05. The smallest absolute Gasteiger partial charge is 0.268 e. The Labute approximate surface area is 92.0 Å². The molecule has 1 aromatic heterocycles. The molecule has 0 aromatic carbocycles. The van der Waals surface area contributed by atoms with E-state index >= 15 is 0 Å². The zero-order chi connectivity index (χ0) is 10.0. The highest BCUT2D eigenvalue weighted by atomic mass is 127. The van der Waals surface area contributed by atoms with E-state index in [-0.39, 0.29) is 20.8 Å². The predicted molar refractivity (Wildman–Crippen MR) is 55.4 cm³/mol. The summed E-state index contributed by atoms with van der Waals surface area (Å²) in [4.78, 5) is 25.6. The van der Waals surface area contributed by atoms with Crippen molar-refractivity contribution < 1.29 is 4.79 Å². The lowest BCUT2D eigenvalue weighted by atomic mass is 10.5. The van der Waals surface area contributed by atoms with Gasteiger partial charge in [-0.15, -0.1) is 0 Å². The fourth-order valence-corrected chi connectivity index (χ4v) is 1.30. The maximum Gasteiger partial charge on any atom is 0.268 e. The second-order valence-corrected chi connectivity index (χ2v) is 3.69. The van der Waals surface area contributed by atoms with Crippen LogP contribution in [0.1, 0.15) is 0 Å². The Morgan fingerprint density at radius 3 is 2.92 bits per heavy atom. The topological polar surface area (TPSA) is 78.0 Å². The molecule has 0 saturated carbocycles. The van der Waals surface area contributed by atoms with Crippen LogP contribution < -0.4 is 11.3 Å². The normalized spacial score (nSPS) is 10.0. The zero-order valence-electron chi connectivity index (χ0n) is 6.33. The minimum Gasteiger partial charge on any atom is -0.368 e. The van der Waals surface area contributed by atoms with Crippen LogP contribution in [0.2, 0.25) is 5.15 Å². The summed E-state index contributed by atoms with van der Waals surface area (Å²) in [7, 11) is 0. The van der Waals surface area contributed by atoms with Gasteiger partial charge in [0.2, 0.25) is 5.91 Å². The fourth-order valence-electron chi connectivity index (χ4n) is 0.724. The van der Waals surface area contributed by atoms with E-state index in [0.29, 0.717) is 0 Å². The molecule has 0 aliphatic rings. The number of nitrogens with zero attached hydrogens (tertiary/aromatic N) is 2. The summed E-state index contributed by atoms with van der Waals surface area (Å²) in [6.07, 6.45) is 1.19. The summed E-state index contributed by atoms with van der Waals surface area (Å²) < 4.78 is 1.39. The Bertz CT molecular complexity index is 403. The van der Waals surface area contributed by atoms with Gasteiger partial charge in [0.05, 0.1) is 6.33 Å². The lowest BCUT2D eigenvalue weighted by Gasteiger charge is -2.02. The number of primary amides is 1. The van der Waals surface area contributed by atoms with Crippen LogP contribution in [0.25, 0.3) is 0 Å². The second-order valence-electron chi connectivity index (χ2n) is 2.25. The van der Waals surface area contributed by atoms with Crippen LogP contribution in [0.15, 0.2) is 11.1 Å². The number of halogens is 2. The van der Waals surface area contributed by atoms with Gasteiger partial charge in [-0.05, 0) is 22.6 Å². The molecule has 2 N–H and O–H groups in total. The molecule has 0 radical (unpaired) electrons. The van der Waals surface area contributed by atoms with E-state index in [1.54, 1.807) is 22.6 Å². The van der Waals surface area contributed by atoms with Crippen LogP contribution in [0.5, 0.6) is 0 Å². The molecule has 0 spiro atoms. The molecule has 1 heterocycles. The molecule has 0 aliphatic heterocycles. The number of nitrogens with two attached hydrogens (primary N) is 1. The molecule has 13 heavy (non-hydrogen) atoms. The van der Waals surface area contributed by atoms with Crippen LogP contribution in [-0.4, -0.2) is 15.5 Å². The average molecular weight is 313 g/mol. The number of carbonyl (C=O) groups is 1. The predicted octanol–water partition coefficient (Wildman–Crippen LogP) is -0.0134. The van der Waals surface area contributed by atoms with Gasteiger partial charge in [-0.2, -0.15) is 0 Å². The van der Waals surface area contributed by atoms with E-state index in [0.717, 1.165) is 4.57 Å². The van der Waals surface area contributed by atoms with Crippen molar-refractivity contribution in [3.63, 3.8) is 0 Å². The number of carbonyl (C=O) groups excluding carboxylic acids is 1. The van der Waals surface area contributed by atoms with Crippen LogP contribution in [-0.2, 0) is 11.3 Å². The van der Waals surface area contributed by atoms with Crippen LogP contribution in [0.3, 0.4) is 0 Å². The highest BCUT2D eigenvalue weighted by molar-refractivity contribution is 14.1. The van der Waals surface area contributed by atoms with E-state index < -0.39 is 5.91 Å². The zero-order valence-corrected chi connectivity index (χ0v) is 9.24. The first-order valence-corrected chi connectivity index (χ1v) is 4.66. The molecule has 0 unspecified atom stereocenters. The Morgan fingerprint density at radius 1 is 1.77 bits per heavy atom. The lowest BCUT2D eigenvalue weighted by molar-refractivity contribution is -0.118. The number of amides is 1. The standard InChI is InChI=1S/C6H5ClIN3O2/c7-5-4(8)6(13)11(2-10-5)1-3(9)12/h2H,1H2,(H2,9,12). The van der Waals surface area contributed by atoms with Gasteiger partial charge in [0.1, 0.15) is 15.3 Å². The number of rotatable bonds is 2. The summed E-state index contributed by atoms with van der Waals surface area (Å²) in [6, 6.07) is 0. The molecule has 0 fully saturated rings. The van der Waals surface area contributed by atoms with Crippen molar-refractivity contribution in [2.75, 3.05) is 0 Å². The van der Waals surface area contributed by atoms with Crippen molar-refractivity contribution in [3.8, 4) is 0 Å². The molecule has 0 saturated heterocycles. The van der Waals surface area contributed by atoms with Crippen LogP contribution in [0, 0.1) is 3.57 Å². The van der Waals surface area contributed by atoms with Gasteiger partial charge in [-0.3, -0.25) is 14.2 Å². The lowest BCUT2D eigenvalue weighted by Crippen LogP contribution is -2.29. The SMILES string of the molecule is NC(=O)Cn1cnc(Cl)c(I)c1=O. The molecule has 0 aliphatic carbocycles. The monoisotopic (exact) mass is 313 g/mol. The van der Waals surface area contributed by atoms with Crippen molar-refractivity contribution in [1.82, 2.24) is 9.55 Å². The molecule has 7 heteroatoms. The van der Waals surface area contributed by atoms with E-state index in [1.165, 1.54) is 6.33 Å². The maximum atomic E-state index is 11.3. The van der Waals surface area contributed by atoms with Gasteiger partial charge in [0.25, 0.3) is 5.56 Å². The van der Waals surface area contributed by atoms with Crippen LogP contribution >= 0.6 is 34.2 Å². The van der Waals surface area contributed by atoms with Crippen molar-refractivity contribution in [1.29, 1.82) is 0 Å². The van der Waals surface area contributed by atoms with Crippen LogP contribution in [0.4, 0.5) is 0 Å². The molecule has 1 amide bonds. The molecule has 0 atom stereocenters. The first-order valence-electron chi connectivity index (χ1n) is 3.21. The van der Waals surface area contributed by atoms with Crippen molar-refractivity contribution in [2.24, 2.45) is 5.73 Å². The summed E-state index contributed by atoms with van der Waals surface area (Å²) in [5, 5.41) is 0.131. The van der Waals surface area contributed by atoms with E-state index in [1.807, 2.05) is 0 Å². The number of hydrogen-bond acceptors (Lipinski definition) is 3. The molecule has 1 aromatic rings. The molecular weight excluding hydrogens is 308 g/mol. The minimum absolute atomic E-state index is 0.131. The molecule has 5 nitrogen and oxygen atoms in total. The Hall–Kier alpha value is -0.630. The van der Waals surface area contributed by atoms with E-state index in [9.17, 15) is 9.59 Å². The third-order valence-corrected chi connectivity index (χ3v) is 2.84. The third kappa shape index (κ3) is 2.41. The number of aromatic nitrogens is 2. The van der Waals surface area contributed by atoms with E-state index in [4.69, 9.17) is 17.3 Å². The van der Waals surface area contributed by atoms with Gasteiger partial charge in [-0.25, -0.2) is 4.98 Å². The summed E-state index contributed by atoms with van der Waals surface area (Å²) in [5.41, 5.74) is 4.56. The van der Waals surface area contributed by atoms with E-state index in [2.05, 4.69) is 4.98 Å². The summed E-state index contributed by atoms with van der Waals surface area (Å²) >= 11 is 7.34.